The van der Waals surface area contributed by atoms with Crippen molar-refractivity contribution in [3.63, 3.8) is 0 Å². The molecule has 3 atom stereocenters. The summed E-state index contributed by atoms with van der Waals surface area (Å²) in [5.41, 5.74) is -1.80. The first kappa shape index (κ1) is 14.2. The first-order valence-corrected chi connectivity index (χ1v) is 7.30. The lowest BCUT2D eigenvalue weighted by Crippen LogP contribution is -2.47. The normalized spacial score (nSPS) is 36.0. The number of amides is 1. The Morgan fingerprint density at radius 1 is 1.43 bits per heavy atom. The Morgan fingerprint density at radius 2 is 2.14 bits per heavy atom. The number of hydrogen-bond donors (Lipinski definition) is 1. The summed E-state index contributed by atoms with van der Waals surface area (Å²) in [5, 5.41) is 14.4. The Labute approximate surface area is 123 Å². The quantitative estimate of drug-likeness (QED) is 0.899. The Morgan fingerprint density at radius 3 is 2.57 bits per heavy atom. The Kier molecular flexibility index (Phi) is 2.78. The number of carbonyl (C=O) groups is 2. The van der Waals surface area contributed by atoms with Crippen molar-refractivity contribution in [1.29, 1.82) is 0 Å². The van der Waals surface area contributed by atoms with Crippen molar-refractivity contribution in [2.75, 3.05) is 0 Å². The monoisotopic (exact) mass is 290 g/mol. The van der Waals surface area contributed by atoms with Crippen molar-refractivity contribution < 1.29 is 19.1 Å². The maximum Gasteiger partial charge on any atom is 0.224 e. The topological polar surface area (TPSA) is 82.4 Å². The highest BCUT2D eigenvalue weighted by molar-refractivity contribution is 5.88. The van der Waals surface area contributed by atoms with E-state index >= 15 is 0 Å². The van der Waals surface area contributed by atoms with Crippen LogP contribution in [0.1, 0.15) is 39.4 Å². The van der Waals surface area contributed by atoms with E-state index in [0.29, 0.717) is 12.3 Å². The molecule has 5 nitrogen and oxygen atoms in total. The smallest absolute Gasteiger partial charge is 0.224 e. The fourth-order valence-electron chi connectivity index (χ4n) is 4.66. The first-order chi connectivity index (χ1) is 9.79. The molecule has 21 heavy (non-hydrogen) atoms. The van der Waals surface area contributed by atoms with E-state index in [1.54, 1.807) is 25.3 Å². The van der Waals surface area contributed by atoms with Crippen LogP contribution in [0.5, 0.6) is 0 Å². The van der Waals surface area contributed by atoms with Crippen molar-refractivity contribution in [3.8, 4) is 0 Å². The number of carboxylic acid groups (broad SMARTS) is 1. The van der Waals surface area contributed by atoms with E-state index in [-0.39, 0.29) is 11.8 Å². The number of furan rings is 1. The SMILES string of the molecule is CC1(C)[C@@]2(CC[C@@H]2C(=O)NCc2ccco2)[C@]1(C)C(=O)[O-]. The van der Waals surface area contributed by atoms with Crippen molar-refractivity contribution in [3.05, 3.63) is 24.2 Å². The van der Waals surface area contributed by atoms with Gasteiger partial charge in [0.1, 0.15) is 5.76 Å². The molecule has 0 radical (unpaired) electrons. The zero-order valence-corrected chi connectivity index (χ0v) is 12.6. The molecule has 5 heteroatoms. The average Bonchev–Trinajstić information content (AvgIpc) is 2.73. The van der Waals surface area contributed by atoms with Crippen molar-refractivity contribution in [2.45, 2.75) is 40.2 Å². The van der Waals surface area contributed by atoms with E-state index in [0.717, 1.165) is 12.8 Å². The van der Waals surface area contributed by atoms with Gasteiger partial charge in [-0.2, -0.15) is 0 Å². The Bertz CT molecular complexity index is 591. The van der Waals surface area contributed by atoms with Crippen LogP contribution in [0.2, 0.25) is 0 Å². The number of hydrogen-bond acceptors (Lipinski definition) is 4. The zero-order valence-electron chi connectivity index (χ0n) is 12.6. The third-order valence-corrected chi connectivity index (χ3v) is 6.36. The van der Waals surface area contributed by atoms with Crippen LogP contribution < -0.4 is 10.4 Å². The van der Waals surface area contributed by atoms with Gasteiger partial charge in [0.2, 0.25) is 5.91 Å². The molecule has 1 spiro atoms. The van der Waals surface area contributed by atoms with Gasteiger partial charge < -0.3 is 19.6 Å². The van der Waals surface area contributed by atoms with Crippen molar-refractivity contribution in [1.82, 2.24) is 5.32 Å². The molecule has 0 aromatic carbocycles. The fourth-order valence-corrected chi connectivity index (χ4v) is 4.66. The standard InChI is InChI=1S/C16H21NO4/c1-14(2)15(3,13(19)20)16(14)7-6-11(16)12(18)17-9-10-5-4-8-21-10/h4-5,8,11H,6-7,9H2,1-3H3,(H,17,18)(H,19,20)/p-1/t11-,15-,16+/m1/s1. The van der Waals surface area contributed by atoms with Gasteiger partial charge in [0, 0.05) is 17.3 Å². The maximum absolute atomic E-state index is 12.4. The van der Waals surface area contributed by atoms with Crippen LogP contribution in [-0.4, -0.2) is 11.9 Å². The average molecular weight is 290 g/mol. The van der Waals surface area contributed by atoms with E-state index in [1.807, 2.05) is 13.8 Å². The second kappa shape index (κ2) is 4.12. The summed E-state index contributed by atoms with van der Waals surface area (Å²) in [6, 6.07) is 3.56. The number of aliphatic carboxylic acids is 1. The Balaban J connectivity index is 1.73. The van der Waals surface area contributed by atoms with E-state index < -0.39 is 22.2 Å². The summed E-state index contributed by atoms with van der Waals surface area (Å²) < 4.78 is 5.18. The lowest BCUT2D eigenvalue weighted by atomic mass is 9.63. The molecule has 1 aromatic heterocycles. The molecule has 2 aliphatic carbocycles. The molecule has 0 saturated heterocycles. The highest BCUT2D eigenvalue weighted by atomic mass is 16.4. The van der Waals surface area contributed by atoms with Crippen LogP contribution >= 0.6 is 0 Å². The number of nitrogens with one attached hydrogen (secondary N) is 1. The Hall–Kier alpha value is -1.78. The summed E-state index contributed by atoms with van der Waals surface area (Å²) in [5.74, 6) is -0.702. The van der Waals surface area contributed by atoms with Gasteiger partial charge in [0.05, 0.1) is 12.8 Å². The third-order valence-electron chi connectivity index (χ3n) is 6.36. The van der Waals surface area contributed by atoms with Gasteiger partial charge in [-0.15, -0.1) is 0 Å². The molecule has 114 valence electrons. The van der Waals surface area contributed by atoms with Crippen molar-refractivity contribution >= 4 is 11.9 Å². The largest absolute Gasteiger partial charge is 0.550 e. The highest BCUT2D eigenvalue weighted by Crippen LogP contribution is 2.86. The molecular formula is C16H20NO4-. The zero-order chi connectivity index (χ0) is 15.5. The molecular weight excluding hydrogens is 270 g/mol. The third kappa shape index (κ3) is 1.46. The van der Waals surface area contributed by atoms with Gasteiger partial charge >= 0.3 is 0 Å². The summed E-state index contributed by atoms with van der Waals surface area (Å²) in [4.78, 5) is 24.0. The predicted octanol–water partition coefficient (Wildman–Crippen LogP) is 1.09. The number of rotatable bonds is 4. The second-order valence-electron chi connectivity index (χ2n) is 6.90. The van der Waals surface area contributed by atoms with E-state index in [1.165, 1.54) is 0 Å². The van der Waals surface area contributed by atoms with Gasteiger partial charge in [0.15, 0.2) is 0 Å². The minimum Gasteiger partial charge on any atom is -0.550 e. The van der Waals surface area contributed by atoms with E-state index in [2.05, 4.69) is 5.32 Å². The predicted molar refractivity (Wildman–Crippen MR) is 72.6 cm³/mol. The lowest BCUT2D eigenvalue weighted by molar-refractivity contribution is -0.316. The fraction of sp³-hybridized carbons (Fsp3) is 0.625. The minimum absolute atomic E-state index is 0.0873. The summed E-state index contributed by atoms with van der Waals surface area (Å²) >= 11 is 0. The van der Waals surface area contributed by atoms with E-state index in [9.17, 15) is 14.7 Å². The molecule has 1 aromatic rings. The van der Waals surface area contributed by atoms with E-state index in [4.69, 9.17) is 4.42 Å². The summed E-state index contributed by atoms with van der Waals surface area (Å²) in [7, 11) is 0. The summed E-state index contributed by atoms with van der Waals surface area (Å²) in [6.07, 6.45) is 3.06. The molecule has 0 aliphatic heterocycles. The number of carboxylic acids is 1. The van der Waals surface area contributed by atoms with Crippen LogP contribution in [0.25, 0.3) is 0 Å². The number of carbonyl (C=O) groups excluding carboxylic acids is 2. The van der Waals surface area contributed by atoms with Crippen molar-refractivity contribution in [2.24, 2.45) is 22.2 Å². The molecule has 1 heterocycles. The van der Waals surface area contributed by atoms with Crippen LogP contribution in [-0.2, 0) is 16.1 Å². The molecule has 2 aliphatic rings. The van der Waals surface area contributed by atoms with Gasteiger partial charge in [0.25, 0.3) is 0 Å². The van der Waals surface area contributed by atoms with Gasteiger partial charge in [-0.1, -0.05) is 20.8 Å². The second-order valence-corrected chi connectivity index (χ2v) is 6.90. The molecule has 2 saturated carbocycles. The van der Waals surface area contributed by atoms with Gasteiger partial charge in [-0.05, 0) is 35.8 Å². The van der Waals surface area contributed by atoms with Crippen LogP contribution in [0.3, 0.4) is 0 Å². The molecule has 3 rings (SSSR count). The van der Waals surface area contributed by atoms with Crippen LogP contribution in [0.4, 0.5) is 0 Å². The molecule has 2 fully saturated rings. The van der Waals surface area contributed by atoms with Crippen LogP contribution in [0.15, 0.2) is 22.8 Å². The summed E-state index contributed by atoms with van der Waals surface area (Å²) in [6.45, 7) is 5.90. The minimum atomic E-state index is -1.05. The first-order valence-electron chi connectivity index (χ1n) is 7.30. The van der Waals surface area contributed by atoms with Crippen LogP contribution in [0, 0.1) is 22.2 Å². The molecule has 1 amide bonds. The van der Waals surface area contributed by atoms with Gasteiger partial charge in [-0.25, -0.2) is 0 Å². The lowest BCUT2D eigenvalue weighted by Gasteiger charge is -2.41. The molecule has 0 unspecified atom stereocenters. The maximum atomic E-state index is 12.4. The highest BCUT2D eigenvalue weighted by Gasteiger charge is 2.85. The molecule has 1 N–H and O–H groups in total. The van der Waals surface area contributed by atoms with Gasteiger partial charge in [-0.3, -0.25) is 4.79 Å². The molecule has 0 bridgehead atoms.